The molecule has 1 amide bonds. The maximum atomic E-state index is 10.5. The van der Waals surface area contributed by atoms with Crippen molar-refractivity contribution in [1.82, 2.24) is 5.32 Å². The molecule has 1 atom stereocenters. The van der Waals surface area contributed by atoms with Crippen molar-refractivity contribution in [2.75, 3.05) is 0 Å². The van der Waals surface area contributed by atoms with Crippen molar-refractivity contribution >= 4 is 6.41 Å². The van der Waals surface area contributed by atoms with Crippen LogP contribution in [0.4, 0.5) is 0 Å². The molecule has 1 rings (SSSR count). The molecule has 1 aliphatic carbocycles. The van der Waals surface area contributed by atoms with Crippen molar-refractivity contribution in [2.24, 2.45) is 5.92 Å². The van der Waals surface area contributed by atoms with E-state index in [4.69, 9.17) is 0 Å². The fourth-order valence-electron chi connectivity index (χ4n) is 1.95. The molecule has 2 nitrogen and oxygen atoms in total. The van der Waals surface area contributed by atoms with Crippen LogP contribution in [0, 0.1) is 5.92 Å². The fraction of sp³-hybridized carbons (Fsp3) is 0.615. The van der Waals surface area contributed by atoms with E-state index in [1.54, 1.807) is 0 Å². The second-order valence-electron chi connectivity index (χ2n) is 4.42. The summed E-state index contributed by atoms with van der Waals surface area (Å²) in [4.78, 5) is 10.5. The van der Waals surface area contributed by atoms with Crippen molar-refractivity contribution in [1.29, 1.82) is 0 Å². The maximum absolute atomic E-state index is 10.5. The van der Waals surface area contributed by atoms with Crippen molar-refractivity contribution < 1.29 is 4.79 Å². The number of carbonyl (C=O) groups is 1. The first-order valence-electron chi connectivity index (χ1n) is 5.82. The molecule has 0 aromatic carbocycles. The first-order valence-corrected chi connectivity index (χ1v) is 5.82. The van der Waals surface area contributed by atoms with Crippen molar-refractivity contribution in [2.45, 2.75) is 45.4 Å². The van der Waals surface area contributed by atoms with E-state index in [0.29, 0.717) is 5.92 Å². The van der Waals surface area contributed by atoms with Gasteiger partial charge in [0.05, 0.1) is 0 Å². The third-order valence-electron chi connectivity index (χ3n) is 3.00. The average molecular weight is 207 g/mol. The van der Waals surface area contributed by atoms with E-state index in [2.05, 4.69) is 24.9 Å². The third-order valence-corrected chi connectivity index (χ3v) is 3.00. The summed E-state index contributed by atoms with van der Waals surface area (Å²) >= 11 is 0. The second-order valence-corrected chi connectivity index (χ2v) is 4.42. The number of carbonyl (C=O) groups excluding carboxylic acids is 1. The van der Waals surface area contributed by atoms with Crippen LogP contribution in [-0.2, 0) is 4.79 Å². The molecule has 1 aliphatic rings. The highest BCUT2D eigenvalue weighted by atomic mass is 16.1. The van der Waals surface area contributed by atoms with Crippen LogP contribution in [0.25, 0.3) is 0 Å². The Morgan fingerprint density at radius 1 is 1.47 bits per heavy atom. The molecule has 0 saturated heterocycles. The monoisotopic (exact) mass is 207 g/mol. The number of amides is 1. The Labute approximate surface area is 92.4 Å². The lowest BCUT2D eigenvalue weighted by atomic mass is 9.94. The Balaban J connectivity index is 2.67. The van der Waals surface area contributed by atoms with Gasteiger partial charge in [-0.25, -0.2) is 0 Å². The van der Waals surface area contributed by atoms with Crippen molar-refractivity contribution in [3.63, 3.8) is 0 Å². The van der Waals surface area contributed by atoms with Gasteiger partial charge in [0, 0.05) is 5.70 Å². The summed E-state index contributed by atoms with van der Waals surface area (Å²) in [5.41, 5.74) is 2.00. The van der Waals surface area contributed by atoms with Gasteiger partial charge in [-0.1, -0.05) is 38.8 Å². The SMILES string of the molecule is C=C1CCCCCC(C)CC=C1NC=O. The van der Waals surface area contributed by atoms with Crippen LogP contribution in [-0.4, -0.2) is 6.41 Å². The van der Waals surface area contributed by atoms with Gasteiger partial charge in [0.2, 0.25) is 6.41 Å². The Morgan fingerprint density at radius 3 is 3.00 bits per heavy atom. The van der Waals surface area contributed by atoms with Gasteiger partial charge in [0.25, 0.3) is 0 Å². The van der Waals surface area contributed by atoms with E-state index in [1.807, 2.05) is 0 Å². The minimum absolute atomic E-state index is 0.708. The van der Waals surface area contributed by atoms with Gasteiger partial charge in [0.1, 0.15) is 0 Å². The molecule has 0 bridgehead atoms. The van der Waals surface area contributed by atoms with Crippen LogP contribution in [0.2, 0.25) is 0 Å². The lowest BCUT2D eigenvalue weighted by molar-refractivity contribution is -0.108. The number of rotatable bonds is 2. The van der Waals surface area contributed by atoms with Gasteiger partial charge in [-0.15, -0.1) is 0 Å². The number of hydrogen-bond donors (Lipinski definition) is 1. The number of allylic oxidation sites excluding steroid dienone is 2. The van der Waals surface area contributed by atoms with Gasteiger partial charge in [-0.05, 0) is 30.8 Å². The molecule has 0 radical (unpaired) electrons. The Morgan fingerprint density at radius 2 is 2.27 bits per heavy atom. The lowest BCUT2D eigenvalue weighted by Crippen LogP contribution is -2.13. The molecule has 15 heavy (non-hydrogen) atoms. The minimum Gasteiger partial charge on any atom is -0.329 e. The Hall–Kier alpha value is -1.05. The second kappa shape index (κ2) is 6.44. The Bertz CT molecular complexity index is 255. The summed E-state index contributed by atoms with van der Waals surface area (Å²) < 4.78 is 0. The highest BCUT2D eigenvalue weighted by Gasteiger charge is 2.07. The third kappa shape index (κ3) is 4.32. The zero-order valence-electron chi connectivity index (χ0n) is 9.59. The van der Waals surface area contributed by atoms with Gasteiger partial charge in [-0.3, -0.25) is 4.79 Å². The van der Waals surface area contributed by atoms with Crippen molar-refractivity contribution in [3.05, 3.63) is 23.9 Å². The van der Waals surface area contributed by atoms with Crippen LogP contribution in [0.1, 0.15) is 45.4 Å². The molecular formula is C13H21NO. The van der Waals surface area contributed by atoms with Crippen LogP contribution in [0.15, 0.2) is 23.9 Å². The zero-order chi connectivity index (χ0) is 11.1. The number of nitrogens with one attached hydrogen (secondary N) is 1. The molecular weight excluding hydrogens is 186 g/mol. The standard InChI is InChI=1S/C13H21NO/c1-11-6-4-3-5-7-12(2)13(9-8-11)14-10-15/h9-11H,2-8H2,1H3,(H,14,15). The average Bonchev–Trinajstić information content (AvgIpc) is 2.22. The predicted molar refractivity (Wildman–Crippen MR) is 63.3 cm³/mol. The van der Waals surface area contributed by atoms with Crippen molar-refractivity contribution in [3.8, 4) is 0 Å². The van der Waals surface area contributed by atoms with Crippen LogP contribution in [0.5, 0.6) is 0 Å². The molecule has 1 unspecified atom stereocenters. The van der Waals surface area contributed by atoms with E-state index < -0.39 is 0 Å². The first-order chi connectivity index (χ1) is 7.24. The number of hydrogen-bond acceptors (Lipinski definition) is 1. The van der Waals surface area contributed by atoms with E-state index >= 15 is 0 Å². The molecule has 0 aromatic heterocycles. The summed E-state index contributed by atoms with van der Waals surface area (Å²) in [7, 11) is 0. The van der Waals surface area contributed by atoms with E-state index in [0.717, 1.165) is 30.5 Å². The highest BCUT2D eigenvalue weighted by Crippen LogP contribution is 2.21. The molecule has 2 heteroatoms. The van der Waals surface area contributed by atoms with E-state index in [9.17, 15) is 4.79 Å². The summed E-state index contributed by atoms with van der Waals surface area (Å²) in [5, 5.41) is 2.75. The van der Waals surface area contributed by atoms with Gasteiger partial charge in [0.15, 0.2) is 0 Å². The van der Waals surface area contributed by atoms with Crippen LogP contribution >= 0.6 is 0 Å². The summed E-state index contributed by atoms with van der Waals surface area (Å²) in [5.74, 6) is 0.708. The molecule has 0 fully saturated rings. The normalized spacial score (nSPS) is 24.2. The smallest absolute Gasteiger partial charge is 0.211 e. The summed E-state index contributed by atoms with van der Waals surface area (Å²) in [6, 6.07) is 0. The predicted octanol–water partition coefficient (Wildman–Crippen LogP) is 3.16. The molecule has 0 heterocycles. The van der Waals surface area contributed by atoms with Gasteiger partial charge >= 0.3 is 0 Å². The lowest BCUT2D eigenvalue weighted by Gasteiger charge is -2.15. The highest BCUT2D eigenvalue weighted by molar-refractivity contribution is 5.53. The molecule has 0 saturated carbocycles. The zero-order valence-corrected chi connectivity index (χ0v) is 9.59. The molecule has 84 valence electrons. The molecule has 1 N–H and O–H groups in total. The summed E-state index contributed by atoms with van der Waals surface area (Å²) in [6.07, 6.45) is 9.97. The molecule has 0 aromatic rings. The minimum atomic E-state index is 0.708. The van der Waals surface area contributed by atoms with Gasteiger partial charge in [-0.2, -0.15) is 0 Å². The largest absolute Gasteiger partial charge is 0.329 e. The van der Waals surface area contributed by atoms with Gasteiger partial charge < -0.3 is 5.32 Å². The first kappa shape index (κ1) is 12.0. The topological polar surface area (TPSA) is 29.1 Å². The Kier molecular flexibility index (Phi) is 5.16. The van der Waals surface area contributed by atoms with Crippen LogP contribution < -0.4 is 5.32 Å². The molecule has 0 aliphatic heterocycles. The summed E-state index contributed by atoms with van der Waals surface area (Å²) in [6.45, 7) is 6.29. The van der Waals surface area contributed by atoms with E-state index in [-0.39, 0.29) is 0 Å². The van der Waals surface area contributed by atoms with E-state index in [1.165, 1.54) is 25.7 Å². The maximum Gasteiger partial charge on any atom is 0.211 e. The fourth-order valence-corrected chi connectivity index (χ4v) is 1.95. The molecule has 0 spiro atoms. The quantitative estimate of drug-likeness (QED) is 0.692. The van der Waals surface area contributed by atoms with Crippen LogP contribution in [0.3, 0.4) is 0 Å².